The maximum absolute atomic E-state index is 13.6. The molecule has 330 valence electrons. The Hall–Kier alpha value is -6.47. The minimum Gasteiger partial charge on any atom is -0.388 e. The van der Waals surface area contributed by atoms with Crippen LogP contribution in [-0.4, -0.2) is 78.7 Å². The number of aromatic nitrogens is 4. The predicted molar refractivity (Wildman–Crippen MR) is 258 cm³/mol. The van der Waals surface area contributed by atoms with Gasteiger partial charge in [0.1, 0.15) is 17.5 Å². The summed E-state index contributed by atoms with van der Waals surface area (Å²) in [7, 11) is 8.26. The van der Waals surface area contributed by atoms with Gasteiger partial charge in [-0.25, -0.2) is 24.3 Å². The average molecular weight is 851 g/mol. The first kappa shape index (κ1) is 44.6. The van der Waals surface area contributed by atoms with Crippen LogP contribution in [0.2, 0.25) is 0 Å². The van der Waals surface area contributed by atoms with Gasteiger partial charge in [-0.3, -0.25) is 0 Å². The van der Waals surface area contributed by atoms with Crippen molar-refractivity contribution in [2.75, 3.05) is 73.2 Å². The van der Waals surface area contributed by atoms with Gasteiger partial charge in [-0.1, -0.05) is 45.4 Å². The molecular formula is C50H63FN12. The van der Waals surface area contributed by atoms with Crippen LogP contribution in [0.15, 0.2) is 129 Å². The number of pyridine rings is 2. The third kappa shape index (κ3) is 10.8. The van der Waals surface area contributed by atoms with E-state index in [0.717, 1.165) is 110 Å². The van der Waals surface area contributed by atoms with Crippen molar-refractivity contribution in [3.05, 3.63) is 151 Å². The highest BCUT2D eigenvalue weighted by molar-refractivity contribution is 5.79. The number of nitrogens with one attached hydrogen (secondary N) is 4. The number of allylic oxidation sites excluding steroid dienone is 4. The Balaban J connectivity index is 0.942. The molecule has 2 aliphatic heterocycles. The van der Waals surface area contributed by atoms with Gasteiger partial charge in [0.2, 0.25) is 0 Å². The summed E-state index contributed by atoms with van der Waals surface area (Å²) in [6, 6.07) is 13.0. The summed E-state index contributed by atoms with van der Waals surface area (Å²) in [6.45, 7) is 22.8. The number of piperidine rings is 2. The molecule has 7 rings (SSSR count). The molecule has 4 N–H and O–H groups in total. The van der Waals surface area contributed by atoms with Crippen molar-refractivity contribution in [3.63, 3.8) is 0 Å². The van der Waals surface area contributed by atoms with Crippen molar-refractivity contribution in [1.82, 2.24) is 35.5 Å². The molecule has 5 heterocycles. The number of halogens is 1. The molecule has 63 heavy (non-hydrogen) atoms. The van der Waals surface area contributed by atoms with Gasteiger partial charge in [-0.2, -0.15) is 0 Å². The van der Waals surface area contributed by atoms with E-state index in [2.05, 4.69) is 142 Å². The Labute approximate surface area is 373 Å². The lowest BCUT2D eigenvalue weighted by atomic mass is 9.92. The van der Waals surface area contributed by atoms with Crippen LogP contribution >= 0.6 is 0 Å². The molecule has 12 nitrogen and oxygen atoms in total. The maximum Gasteiger partial charge on any atom is 0.159 e. The van der Waals surface area contributed by atoms with Crippen LogP contribution in [0.1, 0.15) is 68.3 Å². The van der Waals surface area contributed by atoms with Crippen LogP contribution in [0.3, 0.4) is 0 Å². The van der Waals surface area contributed by atoms with Crippen molar-refractivity contribution in [2.45, 2.75) is 64.0 Å². The number of nitrogens with zero attached hydrogens (tertiary/aromatic N) is 8. The molecule has 2 fully saturated rings. The molecule has 0 spiro atoms. The topological polar surface area (TPSA) is 113 Å². The van der Waals surface area contributed by atoms with E-state index in [0.29, 0.717) is 23.4 Å². The number of anilines is 6. The lowest BCUT2D eigenvalue weighted by Gasteiger charge is -2.39. The molecule has 13 heteroatoms. The third-order valence-electron chi connectivity index (χ3n) is 12.3. The molecule has 4 aromatic rings. The smallest absolute Gasteiger partial charge is 0.159 e. The molecule has 1 aliphatic carbocycles. The van der Waals surface area contributed by atoms with Gasteiger partial charge >= 0.3 is 0 Å². The fourth-order valence-corrected chi connectivity index (χ4v) is 8.81. The van der Waals surface area contributed by atoms with Gasteiger partial charge in [0, 0.05) is 106 Å². The summed E-state index contributed by atoms with van der Waals surface area (Å²) in [5.41, 5.74) is 11.2. The number of hydrogen-bond donors (Lipinski definition) is 4. The van der Waals surface area contributed by atoms with E-state index in [-0.39, 0.29) is 12.0 Å². The van der Waals surface area contributed by atoms with Crippen molar-refractivity contribution in [1.29, 1.82) is 0 Å². The monoisotopic (exact) mass is 851 g/mol. The SMILES string of the molecule is C=CN(c1ccc(N2CCC(CN(C)Cc3ccc(Nc4cc(NC5=CC(c6ncc(F)cn6)CC=C5CC)c(C(=C)NC)cn4)nc3)CC2)cc1N(C)C)C1CCC(=C)NC1=C. The third-order valence-corrected chi connectivity index (χ3v) is 12.3. The highest BCUT2D eigenvalue weighted by Crippen LogP contribution is 2.38. The molecule has 2 unspecified atom stereocenters. The first-order valence-corrected chi connectivity index (χ1v) is 22.0. The quantitative estimate of drug-likeness (QED) is 0.0813. The second-order valence-electron chi connectivity index (χ2n) is 17.0. The normalized spacial score (nSPS) is 18.0. The van der Waals surface area contributed by atoms with Gasteiger partial charge < -0.3 is 40.9 Å². The maximum atomic E-state index is 13.6. The number of benzene rings is 1. The average Bonchev–Trinajstić information content (AvgIpc) is 3.28. The molecule has 3 aromatic heterocycles. The molecule has 1 aromatic carbocycles. The van der Waals surface area contributed by atoms with E-state index >= 15 is 0 Å². The lowest BCUT2D eigenvalue weighted by molar-refractivity contribution is 0.242. The molecule has 3 aliphatic rings. The second-order valence-corrected chi connectivity index (χ2v) is 17.0. The van der Waals surface area contributed by atoms with Crippen molar-refractivity contribution >= 4 is 40.1 Å². The zero-order valence-electron chi connectivity index (χ0n) is 37.6. The van der Waals surface area contributed by atoms with Crippen LogP contribution in [0.5, 0.6) is 0 Å². The fraction of sp³-hybridized carbons (Fsp3) is 0.360. The first-order chi connectivity index (χ1) is 30.4. The Morgan fingerprint density at radius 3 is 2.37 bits per heavy atom. The van der Waals surface area contributed by atoms with Gasteiger partial charge in [0.15, 0.2) is 5.82 Å². The van der Waals surface area contributed by atoms with Gasteiger partial charge in [-0.05, 0) is 99.2 Å². The molecule has 0 radical (unpaired) electrons. The molecule has 2 saturated heterocycles. The van der Waals surface area contributed by atoms with Gasteiger partial charge in [0.25, 0.3) is 0 Å². The Bertz CT molecular complexity index is 2340. The van der Waals surface area contributed by atoms with Crippen molar-refractivity contribution in [2.24, 2.45) is 5.92 Å². The summed E-state index contributed by atoms with van der Waals surface area (Å²) in [6.07, 6.45) is 18.2. The van der Waals surface area contributed by atoms with Crippen molar-refractivity contribution < 1.29 is 4.39 Å². The highest BCUT2D eigenvalue weighted by Gasteiger charge is 2.28. The summed E-state index contributed by atoms with van der Waals surface area (Å²) in [4.78, 5) is 27.4. The van der Waals surface area contributed by atoms with Gasteiger partial charge in [-0.15, -0.1) is 0 Å². The van der Waals surface area contributed by atoms with Crippen LogP contribution < -0.4 is 36.0 Å². The summed E-state index contributed by atoms with van der Waals surface area (Å²) < 4.78 is 13.6. The Morgan fingerprint density at radius 1 is 0.937 bits per heavy atom. The highest BCUT2D eigenvalue weighted by atomic mass is 19.1. The minimum absolute atomic E-state index is 0.0807. The Kier molecular flexibility index (Phi) is 14.3. The number of rotatable bonds is 17. The van der Waals surface area contributed by atoms with Crippen LogP contribution in [0, 0.1) is 11.7 Å². The zero-order chi connectivity index (χ0) is 44.6. The first-order valence-electron chi connectivity index (χ1n) is 22.0. The molecule has 0 saturated carbocycles. The van der Waals surface area contributed by atoms with Crippen LogP contribution in [0.25, 0.3) is 5.70 Å². The zero-order valence-corrected chi connectivity index (χ0v) is 37.6. The van der Waals surface area contributed by atoms with E-state index in [9.17, 15) is 4.39 Å². The van der Waals surface area contributed by atoms with E-state index in [1.165, 1.54) is 29.3 Å². The summed E-state index contributed by atoms with van der Waals surface area (Å²) in [5.74, 6) is 2.03. The van der Waals surface area contributed by atoms with E-state index in [1.54, 1.807) is 6.20 Å². The molecule has 0 amide bonds. The lowest BCUT2D eigenvalue weighted by Crippen LogP contribution is -2.41. The standard InChI is InChI=1S/C50H63FN12/c1-10-38-14-15-39(50-55-28-40(51)29-56-50)24-43(38)58-44-26-49(54-30-42(44)34(4)52-6)59-48-19-13-37(27-53-48)32-61(9)31-36-20-22-62(23-21-36)41-16-18-46(47(25-41)60(7)8)63(11-2)45-17-12-33(3)57-35(45)5/h11,13-14,16,18-19,24-30,36,39,45,52,57H,2-5,10,12,15,17,20-23,31-32H2,1,6-9H3,(H2,53,54,58,59). The van der Waals surface area contributed by atoms with E-state index < -0.39 is 5.82 Å². The summed E-state index contributed by atoms with van der Waals surface area (Å²) in [5, 5.41) is 13.6. The molecular weight excluding hydrogens is 788 g/mol. The van der Waals surface area contributed by atoms with E-state index in [1.807, 2.05) is 31.6 Å². The largest absolute Gasteiger partial charge is 0.388 e. The Morgan fingerprint density at radius 2 is 1.70 bits per heavy atom. The van der Waals surface area contributed by atoms with Crippen molar-refractivity contribution in [3.8, 4) is 0 Å². The van der Waals surface area contributed by atoms with Crippen LogP contribution in [-0.2, 0) is 6.54 Å². The minimum atomic E-state index is -0.449. The van der Waals surface area contributed by atoms with Crippen LogP contribution in [0.4, 0.5) is 38.8 Å². The predicted octanol–water partition coefficient (Wildman–Crippen LogP) is 9.30. The molecule has 2 atom stereocenters. The van der Waals surface area contributed by atoms with Gasteiger partial charge in [0.05, 0.1) is 35.5 Å². The molecule has 0 bridgehead atoms. The number of hydrogen-bond acceptors (Lipinski definition) is 12. The fourth-order valence-electron chi connectivity index (χ4n) is 8.81. The second kappa shape index (κ2) is 20.1. The van der Waals surface area contributed by atoms with E-state index in [4.69, 9.17) is 9.97 Å². The summed E-state index contributed by atoms with van der Waals surface area (Å²) >= 11 is 0.